The first-order valence-corrected chi connectivity index (χ1v) is 6.44. The molecule has 16 heavy (non-hydrogen) atoms. The van der Waals surface area contributed by atoms with Gasteiger partial charge in [0.05, 0.1) is 6.10 Å². The molecule has 0 amide bonds. The van der Waals surface area contributed by atoms with Crippen LogP contribution in [0.2, 0.25) is 0 Å². The average Bonchev–Trinajstić information content (AvgIpc) is 2.28. The van der Waals surface area contributed by atoms with Crippen molar-refractivity contribution in [2.75, 3.05) is 0 Å². The van der Waals surface area contributed by atoms with Crippen molar-refractivity contribution in [2.24, 2.45) is 5.92 Å². The molecule has 0 radical (unpaired) electrons. The summed E-state index contributed by atoms with van der Waals surface area (Å²) in [6.45, 7) is 5.49. The van der Waals surface area contributed by atoms with Crippen molar-refractivity contribution in [3.8, 4) is 0 Å². The molecule has 0 unspecified atom stereocenters. The lowest BCUT2D eigenvalue weighted by Crippen LogP contribution is -2.48. The molecular weight excluding hydrogens is 204 g/mol. The van der Waals surface area contributed by atoms with E-state index >= 15 is 0 Å². The number of esters is 1. The highest BCUT2D eigenvalue weighted by atomic mass is 16.6. The summed E-state index contributed by atoms with van der Waals surface area (Å²) in [7, 11) is 0. The van der Waals surface area contributed by atoms with E-state index in [1.807, 2.05) is 20.8 Å². The fourth-order valence-corrected chi connectivity index (χ4v) is 2.50. The smallest absolute Gasteiger partial charge is 0.338 e. The maximum absolute atomic E-state index is 11.9. The predicted octanol–water partition coefficient (Wildman–Crippen LogP) is 2.66. The number of aliphatic hydroxyl groups is 1. The monoisotopic (exact) mass is 228 g/mol. The third-order valence-electron chi connectivity index (χ3n) is 3.52. The van der Waals surface area contributed by atoms with E-state index in [0.29, 0.717) is 6.42 Å². The van der Waals surface area contributed by atoms with Crippen molar-refractivity contribution in [1.82, 2.24) is 0 Å². The molecule has 1 saturated carbocycles. The lowest BCUT2D eigenvalue weighted by molar-refractivity contribution is -0.178. The molecule has 1 N–H and O–H groups in total. The van der Waals surface area contributed by atoms with Crippen LogP contribution in [0.5, 0.6) is 0 Å². The van der Waals surface area contributed by atoms with E-state index in [2.05, 4.69) is 0 Å². The Labute approximate surface area is 98.2 Å². The van der Waals surface area contributed by atoms with Gasteiger partial charge in [0.2, 0.25) is 0 Å². The second kappa shape index (κ2) is 5.67. The Bertz CT molecular complexity index is 231. The van der Waals surface area contributed by atoms with Crippen LogP contribution in [-0.2, 0) is 9.53 Å². The Morgan fingerprint density at radius 2 is 1.94 bits per heavy atom. The number of carbonyl (C=O) groups is 1. The zero-order valence-corrected chi connectivity index (χ0v) is 10.7. The lowest BCUT2D eigenvalue weighted by Gasteiger charge is -2.36. The molecule has 3 heteroatoms. The standard InChI is InChI=1S/C13H24O3/c1-4-13(15,12(14)16-10(2)3)11-8-6-5-7-9-11/h10-11,15H,4-9H2,1-3H3/t13-/m1/s1. The van der Waals surface area contributed by atoms with Crippen LogP contribution in [0.1, 0.15) is 59.3 Å². The van der Waals surface area contributed by atoms with Gasteiger partial charge in [-0.05, 0) is 39.0 Å². The number of hydrogen-bond donors (Lipinski definition) is 1. The van der Waals surface area contributed by atoms with Crippen molar-refractivity contribution in [3.63, 3.8) is 0 Å². The van der Waals surface area contributed by atoms with Gasteiger partial charge in [-0.2, -0.15) is 0 Å². The van der Waals surface area contributed by atoms with Gasteiger partial charge in [-0.3, -0.25) is 0 Å². The zero-order chi connectivity index (χ0) is 12.2. The van der Waals surface area contributed by atoms with E-state index in [4.69, 9.17) is 4.74 Å². The van der Waals surface area contributed by atoms with Gasteiger partial charge >= 0.3 is 5.97 Å². The number of rotatable bonds is 4. The summed E-state index contributed by atoms with van der Waals surface area (Å²) in [5.74, 6) is -0.352. The van der Waals surface area contributed by atoms with Crippen molar-refractivity contribution in [1.29, 1.82) is 0 Å². The van der Waals surface area contributed by atoms with Crippen LogP contribution in [0.25, 0.3) is 0 Å². The Kier molecular flexibility index (Phi) is 4.78. The Morgan fingerprint density at radius 3 is 2.38 bits per heavy atom. The quantitative estimate of drug-likeness (QED) is 0.752. The molecule has 0 aromatic carbocycles. The van der Waals surface area contributed by atoms with Crippen LogP contribution < -0.4 is 0 Å². The average molecular weight is 228 g/mol. The molecule has 0 saturated heterocycles. The first-order chi connectivity index (χ1) is 7.50. The maximum Gasteiger partial charge on any atom is 0.338 e. The molecule has 94 valence electrons. The largest absolute Gasteiger partial charge is 0.461 e. The summed E-state index contributed by atoms with van der Waals surface area (Å²) < 4.78 is 5.17. The Hall–Kier alpha value is -0.570. The van der Waals surface area contributed by atoms with Crippen molar-refractivity contribution < 1.29 is 14.6 Å². The molecule has 1 fully saturated rings. The third-order valence-corrected chi connectivity index (χ3v) is 3.52. The minimum absolute atomic E-state index is 0.0810. The summed E-state index contributed by atoms with van der Waals surface area (Å²) in [5.41, 5.74) is -1.26. The second-order valence-corrected chi connectivity index (χ2v) is 5.07. The van der Waals surface area contributed by atoms with Crippen LogP contribution in [-0.4, -0.2) is 22.8 Å². The van der Waals surface area contributed by atoms with E-state index < -0.39 is 11.6 Å². The first-order valence-electron chi connectivity index (χ1n) is 6.44. The van der Waals surface area contributed by atoms with Gasteiger partial charge in [-0.15, -0.1) is 0 Å². The highest BCUT2D eigenvalue weighted by molar-refractivity contribution is 5.79. The summed E-state index contributed by atoms with van der Waals surface area (Å²) in [6.07, 6.45) is 5.62. The topological polar surface area (TPSA) is 46.5 Å². The van der Waals surface area contributed by atoms with Crippen molar-refractivity contribution in [2.45, 2.75) is 71.0 Å². The predicted molar refractivity (Wildman–Crippen MR) is 63.0 cm³/mol. The van der Waals surface area contributed by atoms with Gasteiger partial charge in [0, 0.05) is 0 Å². The maximum atomic E-state index is 11.9. The van der Waals surface area contributed by atoms with Crippen LogP contribution in [0.15, 0.2) is 0 Å². The molecule has 3 nitrogen and oxygen atoms in total. The summed E-state index contributed by atoms with van der Waals surface area (Å²) >= 11 is 0. The molecule has 1 aliphatic carbocycles. The van der Waals surface area contributed by atoms with E-state index in [9.17, 15) is 9.90 Å². The van der Waals surface area contributed by atoms with E-state index in [1.165, 1.54) is 6.42 Å². The minimum atomic E-state index is -1.26. The van der Waals surface area contributed by atoms with Crippen LogP contribution in [0.3, 0.4) is 0 Å². The van der Waals surface area contributed by atoms with Crippen LogP contribution >= 0.6 is 0 Å². The van der Waals surface area contributed by atoms with Gasteiger partial charge in [0.15, 0.2) is 5.60 Å². The lowest BCUT2D eigenvalue weighted by atomic mass is 9.75. The van der Waals surface area contributed by atoms with Gasteiger partial charge in [0.1, 0.15) is 0 Å². The minimum Gasteiger partial charge on any atom is -0.461 e. The third kappa shape index (κ3) is 2.97. The summed E-state index contributed by atoms with van der Waals surface area (Å²) in [4.78, 5) is 11.9. The highest BCUT2D eigenvalue weighted by Gasteiger charge is 2.44. The van der Waals surface area contributed by atoms with Crippen molar-refractivity contribution >= 4 is 5.97 Å². The normalized spacial score (nSPS) is 21.8. The molecular formula is C13H24O3. The van der Waals surface area contributed by atoms with Crippen LogP contribution in [0, 0.1) is 5.92 Å². The van der Waals surface area contributed by atoms with E-state index in [0.717, 1.165) is 25.7 Å². The molecule has 0 aromatic heterocycles. The van der Waals surface area contributed by atoms with Crippen molar-refractivity contribution in [3.05, 3.63) is 0 Å². The second-order valence-electron chi connectivity index (χ2n) is 5.07. The van der Waals surface area contributed by atoms with Gasteiger partial charge in [0.25, 0.3) is 0 Å². The molecule has 0 aromatic rings. The molecule has 1 rings (SSSR count). The zero-order valence-electron chi connectivity index (χ0n) is 10.7. The molecule has 0 heterocycles. The molecule has 0 spiro atoms. The first kappa shape index (κ1) is 13.5. The number of carbonyl (C=O) groups excluding carboxylic acids is 1. The highest BCUT2D eigenvalue weighted by Crippen LogP contribution is 2.35. The SMILES string of the molecule is CC[C@](O)(C(=O)OC(C)C)C1CCCCC1. The summed E-state index contributed by atoms with van der Waals surface area (Å²) in [6, 6.07) is 0. The van der Waals surface area contributed by atoms with Gasteiger partial charge in [-0.25, -0.2) is 4.79 Å². The van der Waals surface area contributed by atoms with Crippen LogP contribution in [0.4, 0.5) is 0 Å². The summed E-state index contributed by atoms with van der Waals surface area (Å²) in [5, 5.41) is 10.5. The molecule has 1 atom stereocenters. The molecule has 0 aliphatic heterocycles. The van der Waals surface area contributed by atoms with Gasteiger partial charge < -0.3 is 9.84 Å². The molecule has 0 bridgehead atoms. The van der Waals surface area contributed by atoms with E-state index in [-0.39, 0.29) is 12.0 Å². The fraction of sp³-hybridized carbons (Fsp3) is 0.923. The van der Waals surface area contributed by atoms with E-state index in [1.54, 1.807) is 0 Å². The fourth-order valence-electron chi connectivity index (χ4n) is 2.50. The Balaban J connectivity index is 2.70. The number of hydrogen-bond acceptors (Lipinski definition) is 3. The van der Waals surface area contributed by atoms with Gasteiger partial charge in [-0.1, -0.05) is 26.2 Å². The molecule has 1 aliphatic rings. The Morgan fingerprint density at radius 1 is 1.38 bits per heavy atom. The number of ether oxygens (including phenoxy) is 1.